The minimum atomic E-state index is -1.26. The number of H-pyrrole nitrogens is 1. The molecule has 0 unspecified atom stereocenters. The highest BCUT2D eigenvalue weighted by atomic mass is 35.5. The number of halogens is 2. The van der Waals surface area contributed by atoms with Crippen molar-refractivity contribution in [2.75, 3.05) is 24.6 Å². The number of carboxylic acid groups (broad SMARTS) is 1. The van der Waals surface area contributed by atoms with Gasteiger partial charge in [-0.15, -0.1) is 0 Å². The molecule has 0 saturated carbocycles. The summed E-state index contributed by atoms with van der Waals surface area (Å²) in [6.07, 6.45) is 1.24. The van der Waals surface area contributed by atoms with Gasteiger partial charge in [-0.25, -0.2) is 19.2 Å². The molecule has 3 aromatic carbocycles. The normalized spacial score (nSPS) is 15.3. The van der Waals surface area contributed by atoms with Gasteiger partial charge in [0.1, 0.15) is 17.3 Å². The molecule has 1 atom stereocenters. The first kappa shape index (κ1) is 35.4. The first-order valence-electron chi connectivity index (χ1n) is 17.0. The number of hydrogen-bond acceptors (Lipinski definition) is 6. The first-order chi connectivity index (χ1) is 23.7. The first-order valence-corrected chi connectivity index (χ1v) is 17.4. The second kappa shape index (κ2) is 14.0. The molecule has 2 aromatic heterocycles. The molecule has 0 spiro atoms. The van der Waals surface area contributed by atoms with Gasteiger partial charge in [0.25, 0.3) is 0 Å². The average Bonchev–Trinajstić information content (AvgIpc) is 3.47. The van der Waals surface area contributed by atoms with Crippen molar-refractivity contribution >= 4 is 34.3 Å². The van der Waals surface area contributed by atoms with Crippen LogP contribution in [0.1, 0.15) is 70.4 Å². The molecule has 6 rings (SSSR count). The van der Waals surface area contributed by atoms with Crippen LogP contribution in [0.5, 0.6) is 5.75 Å². The SMILES string of the molecule is Cc1nc(-c2nc3ccc(Cl)cc3[nH]2)c(-c2ccc(OCCc3ccc(F)cc3)cc2)c(N2CCC(C)(C)CC2)c1[C@H](OC(C)(C)C)C(=O)O. The number of aliphatic carboxylic acids is 1. The predicted octanol–water partition coefficient (Wildman–Crippen LogP) is 9.58. The monoisotopic (exact) mass is 698 g/mol. The van der Waals surface area contributed by atoms with Crippen LogP contribution in [0.4, 0.5) is 10.1 Å². The lowest BCUT2D eigenvalue weighted by molar-refractivity contribution is -0.160. The fourth-order valence-electron chi connectivity index (χ4n) is 6.46. The molecular formula is C40H44ClFN4O4. The molecule has 0 amide bonds. The van der Waals surface area contributed by atoms with Gasteiger partial charge in [0.15, 0.2) is 11.9 Å². The smallest absolute Gasteiger partial charge is 0.337 e. The fourth-order valence-corrected chi connectivity index (χ4v) is 6.63. The van der Waals surface area contributed by atoms with Crippen LogP contribution in [0.2, 0.25) is 5.02 Å². The molecule has 2 N–H and O–H groups in total. The highest BCUT2D eigenvalue weighted by Gasteiger charge is 2.37. The quantitative estimate of drug-likeness (QED) is 0.150. The van der Waals surface area contributed by atoms with Crippen molar-refractivity contribution in [3.05, 3.63) is 94.4 Å². The van der Waals surface area contributed by atoms with Crippen molar-refractivity contribution in [3.8, 4) is 28.4 Å². The van der Waals surface area contributed by atoms with Crippen molar-refractivity contribution in [2.24, 2.45) is 5.41 Å². The van der Waals surface area contributed by atoms with Crippen LogP contribution in [0.25, 0.3) is 33.7 Å². The van der Waals surface area contributed by atoms with E-state index in [2.05, 4.69) is 23.7 Å². The van der Waals surface area contributed by atoms with Gasteiger partial charge in [-0.05, 0) is 99.5 Å². The van der Waals surface area contributed by atoms with Crippen molar-refractivity contribution in [1.29, 1.82) is 0 Å². The van der Waals surface area contributed by atoms with E-state index in [0.29, 0.717) is 46.6 Å². The lowest BCUT2D eigenvalue weighted by Gasteiger charge is -2.41. The van der Waals surface area contributed by atoms with Crippen LogP contribution in [0.3, 0.4) is 0 Å². The summed E-state index contributed by atoms with van der Waals surface area (Å²) in [5, 5.41) is 11.3. The summed E-state index contributed by atoms with van der Waals surface area (Å²) in [6, 6.07) is 19.7. The van der Waals surface area contributed by atoms with Crippen LogP contribution < -0.4 is 9.64 Å². The number of aryl methyl sites for hydroxylation is 1. The van der Waals surface area contributed by atoms with Crippen molar-refractivity contribution in [2.45, 2.75) is 72.5 Å². The van der Waals surface area contributed by atoms with E-state index in [9.17, 15) is 14.3 Å². The lowest BCUT2D eigenvalue weighted by atomic mass is 9.81. The molecule has 8 nitrogen and oxygen atoms in total. The maximum atomic E-state index is 13.4. The number of benzene rings is 3. The Kier molecular flexibility index (Phi) is 9.93. The Morgan fingerprint density at radius 1 is 1.04 bits per heavy atom. The Morgan fingerprint density at radius 2 is 1.72 bits per heavy atom. The van der Waals surface area contributed by atoms with Crippen LogP contribution in [-0.2, 0) is 16.0 Å². The molecule has 10 heteroatoms. The van der Waals surface area contributed by atoms with E-state index in [4.69, 9.17) is 31.0 Å². The Balaban J connectivity index is 1.51. The van der Waals surface area contributed by atoms with E-state index in [1.165, 1.54) is 12.1 Å². The number of ether oxygens (including phenoxy) is 2. The van der Waals surface area contributed by atoms with Gasteiger partial charge in [-0.2, -0.15) is 0 Å². The lowest BCUT2D eigenvalue weighted by Crippen LogP contribution is -2.39. The van der Waals surface area contributed by atoms with Gasteiger partial charge >= 0.3 is 5.97 Å². The molecule has 1 aliphatic heterocycles. The average molecular weight is 699 g/mol. The maximum Gasteiger partial charge on any atom is 0.337 e. The van der Waals surface area contributed by atoms with Gasteiger partial charge < -0.3 is 24.5 Å². The summed E-state index contributed by atoms with van der Waals surface area (Å²) in [4.78, 5) is 28.8. The standard InChI is InChI=1S/C40H44ClFN4O4/c1-24-32(36(38(47)48)50-39(2,3)4)35(46-20-18-40(5,6)19-21-46)33(34(43-24)37-44-30-16-11-27(41)23-31(30)45-37)26-9-14-29(15-10-26)49-22-17-25-7-12-28(42)13-8-25/h7-16,23,36H,17-22H2,1-6H3,(H,44,45)(H,47,48)/t36-/m0/s1. The van der Waals surface area contributed by atoms with Gasteiger partial charge in [-0.3, -0.25) is 0 Å². The van der Waals surface area contributed by atoms with E-state index in [1.807, 2.05) is 64.1 Å². The molecule has 50 heavy (non-hydrogen) atoms. The van der Waals surface area contributed by atoms with E-state index < -0.39 is 17.7 Å². The van der Waals surface area contributed by atoms with Gasteiger partial charge in [-0.1, -0.05) is 49.7 Å². The van der Waals surface area contributed by atoms with Crippen LogP contribution >= 0.6 is 11.6 Å². The summed E-state index contributed by atoms with van der Waals surface area (Å²) in [5.74, 6) is -0.118. The Hall–Kier alpha value is -4.47. The van der Waals surface area contributed by atoms with Gasteiger partial charge in [0.05, 0.1) is 28.9 Å². The third-order valence-corrected chi connectivity index (χ3v) is 9.41. The second-order valence-electron chi connectivity index (χ2n) is 14.8. The van der Waals surface area contributed by atoms with E-state index in [0.717, 1.165) is 59.3 Å². The molecule has 1 aliphatic rings. The van der Waals surface area contributed by atoms with E-state index >= 15 is 0 Å². The number of imidazole rings is 1. The Labute approximate surface area is 297 Å². The number of pyridine rings is 1. The minimum absolute atomic E-state index is 0.154. The minimum Gasteiger partial charge on any atom is -0.493 e. The highest BCUT2D eigenvalue weighted by molar-refractivity contribution is 6.31. The number of piperidine rings is 1. The maximum absolute atomic E-state index is 13.4. The Morgan fingerprint density at radius 3 is 2.36 bits per heavy atom. The third kappa shape index (κ3) is 7.95. The predicted molar refractivity (Wildman–Crippen MR) is 197 cm³/mol. The number of carbonyl (C=O) groups is 1. The summed E-state index contributed by atoms with van der Waals surface area (Å²) < 4.78 is 25.7. The number of aromatic amines is 1. The summed E-state index contributed by atoms with van der Waals surface area (Å²) >= 11 is 6.34. The van der Waals surface area contributed by atoms with Crippen LogP contribution in [0, 0.1) is 18.2 Å². The zero-order chi connectivity index (χ0) is 35.8. The number of carboxylic acids is 1. The Bertz CT molecular complexity index is 1990. The largest absolute Gasteiger partial charge is 0.493 e. The number of anilines is 1. The third-order valence-electron chi connectivity index (χ3n) is 9.17. The van der Waals surface area contributed by atoms with Crippen molar-refractivity contribution < 1.29 is 23.8 Å². The van der Waals surface area contributed by atoms with Gasteiger partial charge in [0, 0.05) is 41.4 Å². The zero-order valence-electron chi connectivity index (χ0n) is 29.4. The molecule has 0 aliphatic carbocycles. The number of hydrogen-bond donors (Lipinski definition) is 2. The highest BCUT2D eigenvalue weighted by Crippen LogP contribution is 2.47. The molecule has 1 fully saturated rings. The summed E-state index contributed by atoms with van der Waals surface area (Å²) in [5.41, 5.74) is 5.97. The number of aromatic nitrogens is 3. The molecule has 0 bridgehead atoms. The number of nitrogens with zero attached hydrogens (tertiary/aromatic N) is 3. The number of rotatable bonds is 10. The molecule has 262 valence electrons. The second-order valence-corrected chi connectivity index (χ2v) is 15.2. The van der Waals surface area contributed by atoms with E-state index in [1.54, 1.807) is 18.2 Å². The van der Waals surface area contributed by atoms with Crippen LogP contribution in [0.15, 0.2) is 66.7 Å². The molecule has 5 aromatic rings. The molecular weight excluding hydrogens is 655 g/mol. The van der Waals surface area contributed by atoms with Crippen LogP contribution in [-0.4, -0.2) is 51.3 Å². The van der Waals surface area contributed by atoms with E-state index in [-0.39, 0.29) is 11.2 Å². The van der Waals surface area contributed by atoms with Crippen molar-refractivity contribution in [1.82, 2.24) is 15.0 Å². The molecule has 0 radical (unpaired) electrons. The van der Waals surface area contributed by atoms with Crippen molar-refractivity contribution in [3.63, 3.8) is 0 Å². The zero-order valence-corrected chi connectivity index (χ0v) is 30.2. The molecule has 1 saturated heterocycles. The number of nitrogens with one attached hydrogen (secondary N) is 1. The summed E-state index contributed by atoms with van der Waals surface area (Å²) in [6.45, 7) is 13.9. The van der Waals surface area contributed by atoms with Gasteiger partial charge in [0.2, 0.25) is 0 Å². The molecule has 3 heterocycles. The summed E-state index contributed by atoms with van der Waals surface area (Å²) in [7, 11) is 0. The number of fused-ring (bicyclic) bond motifs is 1. The topological polar surface area (TPSA) is 101 Å². The fraction of sp³-hybridized carbons (Fsp3) is 0.375.